The van der Waals surface area contributed by atoms with Crippen molar-refractivity contribution in [2.75, 3.05) is 26.2 Å². The molecule has 4 rings (SSSR count). The number of carbonyl (C=O) groups excluding carboxylic acids is 1. The molecule has 0 unspecified atom stereocenters. The highest BCUT2D eigenvalue weighted by atomic mass is 32.1. The fourth-order valence-corrected chi connectivity index (χ4v) is 5.70. The minimum absolute atomic E-state index is 0.0217. The molecule has 130 valence electrons. The summed E-state index contributed by atoms with van der Waals surface area (Å²) < 4.78 is 0. The predicted octanol–water partition coefficient (Wildman–Crippen LogP) is 1.39. The van der Waals surface area contributed by atoms with E-state index < -0.39 is 11.4 Å². The molecule has 24 heavy (non-hydrogen) atoms. The summed E-state index contributed by atoms with van der Waals surface area (Å²) in [5.41, 5.74) is 0.457. The van der Waals surface area contributed by atoms with Gasteiger partial charge in [-0.2, -0.15) is 0 Å². The summed E-state index contributed by atoms with van der Waals surface area (Å²) in [5, 5.41) is 10.9. The summed E-state index contributed by atoms with van der Waals surface area (Å²) in [4.78, 5) is 33.7. The van der Waals surface area contributed by atoms with E-state index in [4.69, 9.17) is 4.98 Å². The van der Waals surface area contributed by atoms with Crippen LogP contribution < -0.4 is 0 Å². The van der Waals surface area contributed by atoms with E-state index in [0.717, 1.165) is 30.9 Å². The molecule has 0 saturated carbocycles. The van der Waals surface area contributed by atoms with Gasteiger partial charge in [0.2, 0.25) is 5.91 Å². The van der Waals surface area contributed by atoms with Crippen LogP contribution in [0.2, 0.25) is 0 Å². The fourth-order valence-electron chi connectivity index (χ4n) is 4.50. The van der Waals surface area contributed by atoms with E-state index in [1.165, 1.54) is 30.3 Å². The van der Waals surface area contributed by atoms with Crippen molar-refractivity contribution in [1.29, 1.82) is 0 Å². The van der Waals surface area contributed by atoms with Crippen LogP contribution in [0.15, 0.2) is 0 Å². The third kappa shape index (κ3) is 2.54. The van der Waals surface area contributed by atoms with Crippen molar-refractivity contribution in [2.24, 2.45) is 11.3 Å². The van der Waals surface area contributed by atoms with Crippen LogP contribution >= 0.6 is 11.3 Å². The van der Waals surface area contributed by atoms with Crippen molar-refractivity contribution in [1.82, 2.24) is 14.8 Å². The van der Waals surface area contributed by atoms with E-state index in [1.807, 2.05) is 0 Å². The molecule has 0 radical (unpaired) electrons. The first kappa shape index (κ1) is 16.0. The molecule has 1 aromatic heterocycles. The molecule has 3 aliphatic rings. The fraction of sp³-hybridized carbons (Fsp3) is 0.706. The summed E-state index contributed by atoms with van der Waals surface area (Å²) in [5.74, 6) is -0.769. The largest absolute Gasteiger partial charge is 0.481 e. The Morgan fingerprint density at radius 2 is 2.08 bits per heavy atom. The Morgan fingerprint density at radius 1 is 1.29 bits per heavy atom. The first-order chi connectivity index (χ1) is 11.5. The van der Waals surface area contributed by atoms with Crippen LogP contribution in [0.3, 0.4) is 0 Å². The first-order valence-electron chi connectivity index (χ1n) is 8.67. The lowest BCUT2D eigenvalue weighted by Crippen LogP contribution is -2.41. The van der Waals surface area contributed by atoms with Gasteiger partial charge in [0, 0.05) is 43.9 Å². The third-order valence-electron chi connectivity index (χ3n) is 5.80. The summed E-state index contributed by atoms with van der Waals surface area (Å²) in [6, 6.07) is 0. The van der Waals surface area contributed by atoms with Crippen LogP contribution in [0.4, 0.5) is 0 Å². The number of rotatable bonds is 3. The van der Waals surface area contributed by atoms with E-state index in [0.29, 0.717) is 19.6 Å². The van der Waals surface area contributed by atoms with Crippen LogP contribution in [0.1, 0.15) is 35.3 Å². The molecule has 7 heteroatoms. The van der Waals surface area contributed by atoms with Gasteiger partial charge >= 0.3 is 5.97 Å². The maximum absolute atomic E-state index is 12.0. The molecule has 0 bridgehead atoms. The molecule has 6 nitrogen and oxygen atoms in total. The van der Waals surface area contributed by atoms with Gasteiger partial charge in [-0.3, -0.25) is 14.5 Å². The number of nitrogens with zero attached hydrogens (tertiary/aromatic N) is 3. The molecule has 1 aliphatic carbocycles. The number of aromatic nitrogens is 1. The van der Waals surface area contributed by atoms with E-state index in [9.17, 15) is 14.7 Å². The van der Waals surface area contributed by atoms with Gasteiger partial charge in [0.25, 0.3) is 0 Å². The van der Waals surface area contributed by atoms with Gasteiger partial charge < -0.3 is 10.0 Å². The van der Waals surface area contributed by atoms with Gasteiger partial charge in [0.15, 0.2) is 0 Å². The maximum Gasteiger partial charge on any atom is 0.313 e. The highest BCUT2D eigenvalue weighted by molar-refractivity contribution is 7.11. The van der Waals surface area contributed by atoms with Crippen molar-refractivity contribution < 1.29 is 14.7 Å². The molecule has 2 saturated heterocycles. The minimum Gasteiger partial charge on any atom is -0.481 e. The van der Waals surface area contributed by atoms with Crippen molar-refractivity contribution in [3.8, 4) is 0 Å². The van der Waals surface area contributed by atoms with Gasteiger partial charge in [0.05, 0.1) is 12.2 Å². The van der Waals surface area contributed by atoms with Gasteiger partial charge in [-0.25, -0.2) is 4.98 Å². The summed E-state index contributed by atoms with van der Waals surface area (Å²) in [6.07, 6.45) is 4.71. The lowest BCUT2D eigenvalue weighted by molar-refractivity contribution is -0.149. The number of aliphatic carboxylic acids is 1. The average molecular weight is 349 g/mol. The van der Waals surface area contributed by atoms with Gasteiger partial charge in [-0.05, 0) is 25.7 Å². The van der Waals surface area contributed by atoms with Crippen LogP contribution in [0.5, 0.6) is 0 Å². The number of likely N-dealkylation sites (tertiary alicyclic amines) is 2. The molecule has 2 atom stereocenters. The van der Waals surface area contributed by atoms with Crippen LogP contribution in [0.25, 0.3) is 0 Å². The molecular weight excluding hydrogens is 326 g/mol. The Morgan fingerprint density at radius 3 is 2.75 bits per heavy atom. The van der Waals surface area contributed by atoms with Crippen LogP contribution in [0, 0.1) is 11.3 Å². The van der Waals surface area contributed by atoms with E-state index in [2.05, 4.69) is 4.90 Å². The zero-order chi connectivity index (χ0) is 16.9. The topological polar surface area (TPSA) is 73.7 Å². The number of thiazole rings is 1. The molecule has 0 aromatic carbocycles. The number of carbonyl (C=O) groups is 2. The Bertz CT molecular complexity index is 665. The quantitative estimate of drug-likeness (QED) is 0.893. The highest BCUT2D eigenvalue weighted by Crippen LogP contribution is 2.43. The number of fused-ring (bicyclic) bond motifs is 2. The molecule has 3 heterocycles. The van der Waals surface area contributed by atoms with E-state index in [1.54, 1.807) is 16.2 Å². The number of aryl methyl sites for hydroxylation is 2. The van der Waals surface area contributed by atoms with E-state index >= 15 is 0 Å². The molecule has 1 amide bonds. The van der Waals surface area contributed by atoms with Gasteiger partial charge in [-0.1, -0.05) is 0 Å². The molecular formula is C17H23N3O3S. The smallest absolute Gasteiger partial charge is 0.313 e. The molecule has 2 aliphatic heterocycles. The van der Waals surface area contributed by atoms with Crippen molar-refractivity contribution in [3.05, 3.63) is 15.6 Å². The Hall–Kier alpha value is -1.47. The Kier molecular flexibility index (Phi) is 3.88. The van der Waals surface area contributed by atoms with Crippen molar-refractivity contribution >= 4 is 23.2 Å². The highest BCUT2D eigenvalue weighted by Gasteiger charge is 2.58. The number of carboxylic acids is 1. The molecule has 1 N–H and O–H groups in total. The third-order valence-corrected chi connectivity index (χ3v) is 6.94. The second-order valence-corrected chi connectivity index (χ2v) is 8.58. The standard InChI is InChI=1S/C17H23N3O3S/c1-11(21)20-7-12-6-19(9-17(12,10-20)16(22)23)8-15-18-13-4-2-3-5-14(13)24-15/h12H,2-10H2,1H3,(H,22,23)/t12-,17-/m1/s1. The van der Waals surface area contributed by atoms with Crippen molar-refractivity contribution in [2.45, 2.75) is 39.2 Å². The number of amides is 1. The van der Waals surface area contributed by atoms with Crippen LogP contribution in [-0.4, -0.2) is 57.9 Å². The second-order valence-electron chi connectivity index (χ2n) is 7.41. The second kappa shape index (κ2) is 5.81. The predicted molar refractivity (Wildman–Crippen MR) is 89.8 cm³/mol. The lowest BCUT2D eigenvalue weighted by Gasteiger charge is -2.24. The molecule has 1 aromatic rings. The van der Waals surface area contributed by atoms with Gasteiger partial charge in [0.1, 0.15) is 10.4 Å². The summed E-state index contributed by atoms with van der Waals surface area (Å²) in [7, 11) is 0. The van der Waals surface area contributed by atoms with E-state index in [-0.39, 0.29) is 11.8 Å². The zero-order valence-corrected chi connectivity index (χ0v) is 14.8. The number of carboxylic acid groups (broad SMARTS) is 1. The maximum atomic E-state index is 12.0. The van der Waals surface area contributed by atoms with Crippen LogP contribution in [-0.2, 0) is 29.0 Å². The lowest BCUT2D eigenvalue weighted by atomic mass is 9.81. The summed E-state index contributed by atoms with van der Waals surface area (Å²) in [6.45, 7) is 4.42. The monoisotopic (exact) mass is 349 g/mol. The van der Waals surface area contributed by atoms with Crippen molar-refractivity contribution in [3.63, 3.8) is 0 Å². The first-order valence-corrected chi connectivity index (χ1v) is 9.48. The Balaban J connectivity index is 1.49. The zero-order valence-electron chi connectivity index (χ0n) is 14.0. The SMILES string of the molecule is CC(=O)N1C[C@H]2CN(Cc3nc4c(s3)CCCC4)C[C@@]2(C(=O)O)C1. The number of hydrogen-bond donors (Lipinski definition) is 1. The summed E-state index contributed by atoms with van der Waals surface area (Å²) >= 11 is 1.80. The number of hydrogen-bond acceptors (Lipinski definition) is 5. The minimum atomic E-state index is -0.803. The normalized spacial score (nSPS) is 29.5. The Labute approximate surface area is 145 Å². The average Bonchev–Trinajstić information content (AvgIpc) is 3.16. The molecule has 2 fully saturated rings. The van der Waals surface area contributed by atoms with Gasteiger partial charge in [-0.15, -0.1) is 11.3 Å². The molecule has 0 spiro atoms.